The monoisotopic (exact) mass is 433 g/mol. The van der Waals surface area contributed by atoms with Gasteiger partial charge in [-0.2, -0.15) is 0 Å². The number of hydrogen-bond donors (Lipinski definition) is 0. The summed E-state index contributed by atoms with van der Waals surface area (Å²) in [7, 11) is 0. The smallest absolute Gasteiger partial charge is 0.231 e. The quantitative estimate of drug-likeness (QED) is 0.630. The Morgan fingerprint density at radius 2 is 1.94 bits per heavy atom. The lowest BCUT2D eigenvalue weighted by molar-refractivity contribution is -0.137. The summed E-state index contributed by atoms with van der Waals surface area (Å²) in [6.07, 6.45) is 2.04. The molecule has 0 radical (unpaired) electrons. The first kappa shape index (κ1) is 19.2. The van der Waals surface area contributed by atoms with E-state index >= 15 is 0 Å². The number of carbonyl (C=O) groups is 2. The van der Waals surface area contributed by atoms with Gasteiger partial charge in [0.2, 0.25) is 18.6 Å². The van der Waals surface area contributed by atoms with Crippen LogP contribution in [0.15, 0.2) is 46.9 Å². The van der Waals surface area contributed by atoms with Crippen LogP contribution < -0.4 is 14.4 Å². The van der Waals surface area contributed by atoms with Gasteiger partial charge in [-0.25, -0.2) is 4.98 Å². The number of benzene rings is 2. The number of aromatic nitrogens is 1. The molecule has 3 aliphatic heterocycles. The molecule has 1 aromatic heterocycles. The molecule has 164 valence electrons. The van der Waals surface area contributed by atoms with Gasteiger partial charge in [0, 0.05) is 37.8 Å². The second kappa shape index (κ2) is 7.55. The molecule has 0 bridgehead atoms. The lowest BCUT2D eigenvalue weighted by atomic mass is 9.96. The van der Waals surface area contributed by atoms with Crippen LogP contribution in [0.3, 0.4) is 0 Å². The van der Waals surface area contributed by atoms with E-state index in [4.69, 9.17) is 13.9 Å². The Hall–Kier alpha value is -3.55. The highest BCUT2D eigenvalue weighted by molar-refractivity contribution is 6.00. The van der Waals surface area contributed by atoms with Crippen molar-refractivity contribution in [3.63, 3.8) is 0 Å². The number of piperidine rings is 1. The number of fused-ring (bicyclic) bond motifs is 2. The van der Waals surface area contributed by atoms with Crippen molar-refractivity contribution >= 4 is 28.6 Å². The van der Waals surface area contributed by atoms with Crippen LogP contribution in [-0.2, 0) is 9.59 Å². The Labute approximate surface area is 184 Å². The number of ether oxygens (including phenoxy) is 2. The SMILES string of the molecule is O=C(C1CC(=O)N(c2ccc3c(c2)OCO3)C1)N1CCCC(c2nc3ccccc3o2)C1. The standard InChI is InChI=1S/C24H23N3O5/c28-22-10-16(13-27(22)17-7-8-20-21(11-17)31-14-30-20)24(29)26-9-3-4-15(12-26)23-25-18-5-1-2-6-19(18)32-23/h1-2,5-8,11,15-16H,3-4,9-10,12-14H2. The molecule has 8 nitrogen and oxygen atoms in total. The van der Waals surface area contributed by atoms with Crippen LogP contribution in [0.5, 0.6) is 11.5 Å². The van der Waals surface area contributed by atoms with E-state index in [2.05, 4.69) is 4.98 Å². The average molecular weight is 433 g/mol. The molecule has 2 aromatic carbocycles. The van der Waals surface area contributed by atoms with Crippen LogP contribution in [0.4, 0.5) is 5.69 Å². The molecule has 3 aromatic rings. The first-order valence-corrected chi connectivity index (χ1v) is 11.0. The Bertz CT molecular complexity index is 1170. The zero-order valence-electron chi connectivity index (χ0n) is 17.5. The molecule has 2 unspecified atom stereocenters. The molecule has 0 N–H and O–H groups in total. The summed E-state index contributed by atoms with van der Waals surface area (Å²) in [6, 6.07) is 13.1. The van der Waals surface area contributed by atoms with Crippen molar-refractivity contribution in [1.82, 2.24) is 9.88 Å². The Morgan fingerprint density at radius 1 is 1.06 bits per heavy atom. The highest BCUT2D eigenvalue weighted by Crippen LogP contribution is 2.38. The van der Waals surface area contributed by atoms with Crippen molar-refractivity contribution in [3.05, 3.63) is 48.4 Å². The Kier molecular flexibility index (Phi) is 4.52. The number of para-hydroxylation sites is 2. The normalized spacial score (nSPS) is 22.7. The van der Waals surface area contributed by atoms with Crippen molar-refractivity contribution in [3.8, 4) is 11.5 Å². The zero-order valence-corrected chi connectivity index (χ0v) is 17.5. The fraction of sp³-hybridized carbons (Fsp3) is 0.375. The van der Waals surface area contributed by atoms with E-state index in [1.54, 1.807) is 17.0 Å². The number of amides is 2. The largest absolute Gasteiger partial charge is 0.454 e. The number of nitrogens with zero attached hydrogens (tertiary/aromatic N) is 3. The highest BCUT2D eigenvalue weighted by Gasteiger charge is 2.39. The number of hydrogen-bond acceptors (Lipinski definition) is 6. The lowest BCUT2D eigenvalue weighted by Gasteiger charge is -2.33. The molecule has 2 saturated heterocycles. The molecule has 0 spiro atoms. The van der Waals surface area contributed by atoms with Crippen LogP contribution in [0, 0.1) is 5.92 Å². The fourth-order valence-electron chi connectivity index (χ4n) is 4.88. The highest BCUT2D eigenvalue weighted by atomic mass is 16.7. The minimum Gasteiger partial charge on any atom is -0.454 e. The molecule has 2 amide bonds. The predicted molar refractivity (Wildman–Crippen MR) is 116 cm³/mol. The molecule has 2 fully saturated rings. The molecule has 3 aliphatic rings. The number of rotatable bonds is 3. The van der Waals surface area contributed by atoms with Gasteiger partial charge in [0.1, 0.15) is 5.52 Å². The molecule has 0 aliphatic carbocycles. The van der Waals surface area contributed by atoms with Gasteiger partial charge in [-0.05, 0) is 37.1 Å². The van der Waals surface area contributed by atoms with E-state index in [-0.39, 0.29) is 36.9 Å². The Morgan fingerprint density at radius 3 is 2.84 bits per heavy atom. The minimum absolute atomic E-state index is 0.0300. The average Bonchev–Trinajstić information content (AvgIpc) is 3.55. The summed E-state index contributed by atoms with van der Waals surface area (Å²) in [5.41, 5.74) is 2.34. The first-order chi connectivity index (χ1) is 15.7. The summed E-state index contributed by atoms with van der Waals surface area (Å²) in [5.74, 6) is 1.69. The van der Waals surface area contributed by atoms with Crippen LogP contribution in [0.2, 0.25) is 0 Å². The molecule has 2 atom stereocenters. The zero-order chi connectivity index (χ0) is 21.7. The summed E-state index contributed by atoms with van der Waals surface area (Å²) < 4.78 is 16.7. The van der Waals surface area contributed by atoms with Crippen molar-refractivity contribution in [2.24, 2.45) is 5.92 Å². The lowest BCUT2D eigenvalue weighted by Crippen LogP contribution is -2.43. The molecular formula is C24H23N3O5. The van der Waals surface area contributed by atoms with Gasteiger partial charge in [0.05, 0.1) is 11.8 Å². The maximum absolute atomic E-state index is 13.3. The van der Waals surface area contributed by atoms with Gasteiger partial charge in [-0.3, -0.25) is 9.59 Å². The molecule has 0 saturated carbocycles. The number of oxazole rings is 1. The molecule has 4 heterocycles. The van der Waals surface area contributed by atoms with Gasteiger partial charge in [0.25, 0.3) is 0 Å². The van der Waals surface area contributed by atoms with Gasteiger partial charge in [-0.1, -0.05) is 12.1 Å². The van der Waals surface area contributed by atoms with Gasteiger partial charge >= 0.3 is 0 Å². The summed E-state index contributed by atoms with van der Waals surface area (Å²) >= 11 is 0. The van der Waals surface area contributed by atoms with E-state index < -0.39 is 0 Å². The van der Waals surface area contributed by atoms with Gasteiger partial charge in [-0.15, -0.1) is 0 Å². The van der Waals surface area contributed by atoms with Crippen molar-refractivity contribution in [1.29, 1.82) is 0 Å². The van der Waals surface area contributed by atoms with Crippen LogP contribution in [0.25, 0.3) is 11.1 Å². The molecular weight excluding hydrogens is 410 g/mol. The third kappa shape index (κ3) is 3.26. The minimum atomic E-state index is -0.352. The topological polar surface area (TPSA) is 85.1 Å². The third-order valence-electron chi connectivity index (χ3n) is 6.53. The molecule has 8 heteroatoms. The fourth-order valence-corrected chi connectivity index (χ4v) is 4.88. The van der Waals surface area contributed by atoms with Crippen molar-refractivity contribution in [2.45, 2.75) is 25.2 Å². The summed E-state index contributed by atoms with van der Waals surface area (Å²) in [6.45, 7) is 1.83. The second-order valence-corrected chi connectivity index (χ2v) is 8.59. The van der Waals surface area contributed by atoms with E-state index in [0.29, 0.717) is 37.0 Å². The van der Waals surface area contributed by atoms with E-state index in [9.17, 15) is 9.59 Å². The van der Waals surface area contributed by atoms with E-state index in [1.807, 2.05) is 35.2 Å². The van der Waals surface area contributed by atoms with Crippen LogP contribution >= 0.6 is 0 Å². The summed E-state index contributed by atoms with van der Waals surface area (Å²) in [5, 5.41) is 0. The van der Waals surface area contributed by atoms with E-state index in [0.717, 1.165) is 29.6 Å². The predicted octanol–water partition coefficient (Wildman–Crippen LogP) is 3.32. The molecule has 6 rings (SSSR count). The summed E-state index contributed by atoms with van der Waals surface area (Å²) in [4.78, 5) is 34.2. The molecule has 32 heavy (non-hydrogen) atoms. The maximum atomic E-state index is 13.3. The van der Waals surface area contributed by atoms with Gasteiger partial charge < -0.3 is 23.7 Å². The third-order valence-corrected chi connectivity index (χ3v) is 6.53. The van der Waals surface area contributed by atoms with Crippen LogP contribution in [0.1, 0.15) is 31.1 Å². The van der Waals surface area contributed by atoms with E-state index in [1.165, 1.54) is 0 Å². The first-order valence-electron chi connectivity index (χ1n) is 11.0. The number of likely N-dealkylation sites (tertiary alicyclic amines) is 1. The Balaban J connectivity index is 1.16. The van der Waals surface area contributed by atoms with Gasteiger partial charge in [0.15, 0.2) is 23.0 Å². The maximum Gasteiger partial charge on any atom is 0.231 e. The van der Waals surface area contributed by atoms with Crippen molar-refractivity contribution < 1.29 is 23.5 Å². The van der Waals surface area contributed by atoms with Crippen LogP contribution in [-0.4, -0.2) is 48.1 Å². The van der Waals surface area contributed by atoms with Crippen molar-refractivity contribution in [2.75, 3.05) is 31.3 Å². The number of carbonyl (C=O) groups excluding carboxylic acids is 2. The second-order valence-electron chi connectivity index (χ2n) is 8.59. The number of anilines is 1.